The van der Waals surface area contributed by atoms with E-state index in [0.717, 1.165) is 11.3 Å². The maximum absolute atomic E-state index is 12.7. The van der Waals surface area contributed by atoms with Crippen LogP contribution in [0.4, 0.5) is 5.13 Å². The number of nitrogens with zero attached hydrogens (tertiary/aromatic N) is 1. The fourth-order valence-corrected chi connectivity index (χ4v) is 4.62. The van der Waals surface area contributed by atoms with Crippen LogP contribution in [0.3, 0.4) is 0 Å². The minimum Gasteiger partial charge on any atom is -0.497 e. The summed E-state index contributed by atoms with van der Waals surface area (Å²) in [5.74, 6) is 1.67. The molecule has 3 aromatic heterocycles. The van der Waals surface area contributed by atoms with Crippen LogP contribution < -0.4 is 9.46 Å². The van der Waals surface area contributed by atoms with Gasteiger partial charge in [-0.3, -0.25) is 4.72 Å². The number of anilines is 1. The Morgan fingerprint density at radius 1 is 1.00 bits per heavy atom. The van der Waals surface area contributed by atoms with Gasteiger partial charge in [-0.15, -0.1) is 0 Å². The van der Waals surface area contributed by atoms with Crippen LogP contribution in [0.25, 0.3) is 22.1 Å². The second-order valence-electron chi connectivity index (χ2n) is 5.43. The number of sulfonamides is 1. The van der Waals surface area contributed by atoms with Crippen molar-refractivity contribution >= 4 is 26.5 Å². The Balaban J connectivity index is 1.70. The van der Waals surface area contributed by atoms with E-state index in [1.165, 1.54) is 25.5 Å². The molecule has 0 amide bonds. The van der Waals surface area contributed by atoms with Crippen molar-refractivity contribution in [1.29, 1.82) is 0 Å². The van der Waals surface area contributed by atoms with E-state index in [0.29, 0.717) is 27.8 Å². The van der Waals surface area contributed by atoms with Gasteiger partial charge in [0.15, 0.2) is 10.9 Å². The first kappa shape index (κ1) is 17.4. The van der Waals surface area contributed by atoms with Gasteiger partial charge in [0.25, 0.3) is 10.0 Å². The molecule has 138 valence electrons. The number of furan rings is 2. The SMILES string of the molecule is COc1ccc(S(=O)(=O)Nc2nc(-c3ccco3)c(-c3ccco3)s2)cc1. The Morgan fingerprint density at radius 3 is 2.26 bits per heavy atom. The third kappa shape index (κ3) is 3.46. The molecular weight excluding hydrogens is 388 g/mol. The van der Waals surface area contributed by atoms with Gasteiger partial charge in [0.1, 0.15) is 22.1 Å². The third-order valence-corrected chi connectivity index (χ3v) is 6.19. The molecule has 7 nitrogen and oxygen atoms in total. The summed E-state index contributed by atoms with van der Waals surface area (Å²) in [6.45, 7) is 0. The van der Waals surface area contributed by atoms with Crippen molar-refractivity contribution in [3.05, 3.63) is 61.1 Å². The molecule has 9 heteroatoms. The zero-order valence-corrected chi connectivity index (χ0v) is 15.7. The van der Waals surface area contributed by atoms with E-state index in [2.05, 4.69) is 9.71 Å². The molecule has 0 saturated carbocycles. The van der Waals surface area contributed by atoms with Crippen molar-refractivity contribution in [2.24, 2.45) is 0 Å². The highest BCUT2D eigenvalue weighted by molar-refractivity contribution is 7.93. The lowest BCUT2D eigenvalue weighted by Crippen LogP contribution is -2.12. The highest BCUT2D eigenvalue weighted by Crippen LogP contribution is 2.40. The summed E-state index contributed by atoms with van der Waals surface area (Å²) < 4.78 is 43.8. The number of aromatic nitrogens is 1. The number of hydrogen-bond donors (Lipinski definition) is 1. The Bertz CT molecular complexity index is 1080. The second kappa shape index (κ2) is 6.93. The predicted molar refractivity (Wildman–Crippen MR) is 101 cm³/mol. The molecule has 0 spiro atoms. The Morgan fingerprint density at radius 2 is 1.67 bits per heavy atom. The number of nitrogens with one attached hydrogen (secondary N) is 1. The van der Waals surface area contributed by atoms with Gasteiger partial charge < -0.3 is 13.6 Å². The molecule has 0 radical (unpaired) electrons. The zero-order valence-electron chi connectivity index (χ0n) is 14.1. The number of benzene rings is 1. The van der Waals surface area contributed by atoms with Gasteiger partial charge in [0, 0.05) is 0 Å². The Kier molecular flexibility index (Phi) is 4.46. The zero-order chi connectivity index (χ0) is 18.9. The van der Waals surface area contributed by atoms with E-state index >= 15 is 0 Å². The fourth-order valence-electron chi connectivity index (χ4n) is 2.45. The topological polar surface area (TPSA) is 94.6 Å². The first-order valence-corrected chi connectivity index (χ1v) is 10.1. The molecule has 3 heterocycles. The quantitative estimate of drug-likeness (QED) is 0.511. The molecule has 4 aromatic rings. The molecule has 1 aromatic carbocycles. The molecule has 0 bridgehead atoms. The van der Waals surface area contributed by atoms with Crippen LogP contribution in [-0.4, -0.2) is 20.5 Å². The molecule has 0 saturated heterocycles. The van der Waals surface area contributed by atoms with E-state index in [1.807, 2.05) is 0 Å². The van der Waals surface area contributed by atoms with Gasteiger partial charge in [-0.05, 0) is 48.5 Å². The van der Waals surface area contributed by atoms with Gasteiger partial charge >= 0.3 is 0 Å². The van der Waals surface area contributed by atoms with Gasteiger partial charge in [-0.1, -0.05) is 11.3 Å². The van der Waals surface area contributed by atoms with Crippen molar-refractivity contribution in [3.63, 3.8) is 0 Å². The van der Waals surface area contributed by atoms with E-state index in [9.17, 15) is 8.42 Å². The summed E-state index contributed by atoms with van der Waals surface area (Å²) >= 11 is 1.16. The molecule has 0 aliphatic heterocycles. The molecule has 4 rings (SSSR count). The summed E-state index contributed by atoms with van der Waals surface area (Å²) in [4.78, 5) is 5.18. The van der Waals surface area contributed by atoms with E-state index in [-0.39, 0.29) is 10.0 Å². The van der Waals surface area contributed by atoms with Crippen LogP contribution in [-0.2, 0) is 10.0 Å². The van der Waals surface area contributed by atoms with Crippen molar-refractivity contribution in [2.75, 3.05) is 11.8 Å². The summed E-state index contributed by atoms with van der Waals surface area (Å²) in [7, 11) is -2.28. The molecule has 0 unspecified atom stereocenters. The van der Waals surface area contributed by atoms with Gasteiger partial charge in [0.2, 0.25) is 0 Å². The molecule has 27 heavy (non-hydrogen) atoms. The lowest BCUT2D eigenvalue weighted by Gasteiger charge is -2.06. The lowest BCUT2D eigenvalue weighted by atomic mass is 10.2. The molecule has 0 aliphatic carbocycles. The predicted octanol–water partition coefficient (Wildman–Crippen LogP) is 4.47. The number of ether oxygens (including phenoxy) is 1. The van der Waals surface area contributed by atoms with Crippen molar-refractivity contribution in [2.45, 2.75) is 4.90 Å². The smallest absolute Gasteiger partial charge is 0.263 e. The normalized spacial score (nSPS) is 11.4. The molecule has 0 aliphatic rings. The first-order chi connectivity index (χ1) is 13.1. The first-order valence-electron chi connectivity index (χ1n) is 7.82. The lowest BCUT2D eigenvalue weighted by molar-refractivity contribution is 0.414. The second-order valence-corrected chi connectivity index (χ2v) is 8.11. The Hall–Kier alpha value is -3.04. The highest BCUT2D eigenvalue weighted by Gasteiger charge is 2.22. The van der Waals surface area contributed by atoms with Crippen molar-refractivity contribution in [3.8, 4) is 27.8 Å². The summed E-state index contributed by atoms with van der Waals surface area (Å²) in [5.41, 5.74) is 0.507. The maximum atomic E-state index is 12.7. The largest absolute Gasteiger partial charge is 0.497 e. The molecule has 0 fully saturated rings. The van der Waals surface area contributed by atoms with E-state index in [1.54, 1.807) is 42.7 Å². The van der Waals surface area contributed by atoms with Crippen LogP contribution in [0.1, 0.15) is 0 Å². The van der Waals surface area contributed by atoms with Crippen molar-refractivity contribution in [1.82, 2.24) is 4.98 Å². The minimum atomic E-state index is -3.80. The monoisotopic (exact) mass is 402 g/mol. The molecular formula is C18H14N2O5S2. The summed E-state index contributed by atoms with van der Waals surface area (Å²) in [5, 5.41) is 0.212. The minimum absolute atomic E-state index is 0.109. The third-order valence-electron chi connectivity index (χ3n) is 3.72. The van der Waals surface area contributed by atoms with Crippen molar-refractivity contribution < 1.29 is 22.0 Å². The fraction of sp³-hybridized carbons (Fsp3) is 0.0556. The summed E-state index contributed by atoms with van der Waals surface area (Å²) in [6, 6.07) is 13.1. The van der Waals surface area contributed by atoms with Gasteiger partial charge in [-0.25, -0.2) is 13.4 Å². The number of hydrogen-bond acceptors (Lipinski definition) is 7. The highest BCUT2D eigenvalue weighted by atomic mass is 32.2. The number of thiazole rings is 1. The Labute approximate surface area is 159 Å². The van der Waals surface area contributed by atoms with Crippen LogP contribution in [0, 0.1) is 0 Å². The summed E-state index contributed by atoms with van der Waals surface area (Å²) in [6.07, 6.45) is 3.07. The molecule has 0 atom stereocenters. The van der Waals surface area contributed by atoms with Crippen LogP contribution >= 0.6 is 11.3 Å². The van der Waals surface area contributed by atoms with Gasteiger partial charge in [0.05, 0.1) is 24.5 Å². The van der Waals surface area contributed by atoms with Crippen LogP contribution in [0.5, 0.6) is 5.75 Å². The van der Waals surface area contributed by atoms with E-state index in [4.69, 9.17) is 13.6 Å². The average molecular weight is 402 g/mol. The number of rotatable bonds is 6. The average Bonchev–Trinajstić information content (AvgIpc) is 3.41. The van der Waals surface area contributed by atoms with E-state index < -0.39 is 10.0 Å². The number of methoxy groups -OCH3 is 1. The maximum Gasteiger partial charge on any atom is 0.263 e. The van der Waals surface area contributed by atoms with Gasteiger partial charge in [-0.2, -0.15) is 0 Å². The molecule has 1 N–H and O–H groups in total. The van der Waals surface area contributed by atoms with Crippen LogP contribution in [0.2, 0.25) is 0 Å². The standard InChI is InChI=1S/C18H14N2O5S2/c1-23-12-6-8-13(9-7-12)27(21,22)20-18-19-16(14-4-2-10-24-14)17(26-18)15-5-3-11-25-15/h2-11H,1H3,(H,19,20). The van der Waals surface area contributed by atoms with Crippen LogP contribution in [0.15, 0.2) is 74.8 Å².